The van der Waals surface area contributed by atoms with E-state index in [1.54, 1.807) is 0 Å². The quantitative estimate of drug-likeness (QED) is 0.602. The molecule has 2 atom stereocenters. The van der Waals surface area contributed by atoms with Crippen molar-refractivity contribution in [2.75, 3.05) is 32.7 Å². The first-order valence-corrected chi connectivity index (χ1v) is 13.9. The van der Waals surface area contributed by atoms with Gasteiger partial charge in [-0.15, -0.1) is 11.3 Å². The standard InChI is InChI=1S/C28H37N3O2S/c1-21-19-29(16-17-31(21)26(32)12-11-22-7-5-6-8-22)27(33)20-30-15-13-25-24(14-18-34-25)28(30)23-9-3-2-4-10-23/h2-4,9-10,14,18,21-22,28H,5-8,11-13,15-17,19-20H2,1H3/t21-,28+/m0/s1. The Hall–Kier alpha value is -2.18. The lowest BCUT2D eigenvalue weighted by molar-refractivity contribution is -0.143. The van der Waals surface area contributed by atoms with Gasteiger partial charge in [-0.3, -0.25) is 14.5 Å². The summed E-state index contributed by atoms with van der Waals surface area (Å²) in [5, 5.41) is 2.18. The van der Waals surface area contributed by atoms with Crippen LogP contribution in [0.25, 0.3) is 0 Å². The predicted molar refractivity (Wildman–Crippen MR) is 137 cm³/mol. The maximum atomic E-state index is 13.4. The van der Waals surface area contributed by atoms with E-state index in [9.17, 15) is 9.59 Å². The molecule has 1 aliphatic carbocycles. The lowest BCUT2D eigenvalue weighted by Crippen LogP contribution is -2.57. The van der Waals surface area contributed by atoms with E-state index in [-0.39, 0.29) is 23.9 Å². The first-order valence-electron chi connectivity index (χ1n) is 13.0. The molecule has 2 aromatic rings. The largest absolute Gasteiger partial charge is 0.338 e. The van der Waals surface area contributed by atoms with Crippen LogP contribution in [0.15, 0.2) is 41.8 Å². The predicted octanol–water partition coefficient (Wildman–Crippen LogP) is 4.73. The minimum absolute atomic E-state index is 0.0866. The molecule has 6 heteroatoms. The molecule has 0 radical (unpaired) electrons. The van der Waals surface area contributed by atoms with Crippen LogP contribution in [-0.4, -0.2) is 65.3 Å². The lowest BCUT2D eigenvalue weighted by atomic mass is 9.93. The van der Waals surface area contributed by atoms with Gasteiger partial charge >= 0.3 is 0 Å². The molecular weight excluding hydrogens is 442 g/mol. The van der Waals surface area contributed by atoms with Crippen LogP contribution in [0.3, 0.4) is 0 Å². The van der Waals surface area contributed by atoms with Gasteiger partial charge in [-0.05, 0) is 48.3 Å². The van der Waals surface area contributed by atoms with Crippen molar-refractivity contribution in [3.05, 3.63) is 57.8 Å². The maximum Gasteiger partial charge on any atom is 0.236 e. The van der Waals surface area contributed by atoms with Crippen LogP contribution in [0.1, 0.15) is 67.5 Å². The highest BCUT2D eigenvalue weighted by molar-refractivity contribution is 7.10. The molecule has 3 heterocycles. The van der Waals surface area contributed by atoms with Crippen molar-refractivity contribution in [1.82, 2.24) is 14.7 Å². The molecule has 1 aromatic heterocycles. The van der Waals surface area contributed by atoms with Crippen LogP contribution in [0.2, 0.25) is 0 Å². The number of hydrogen-bond acceptors (Lipinski definition) is 4. The Morgan fingerprint density at radius 2 is 1.79 bits per heavy atom. The number of benzene rings is 1. The van der Waals surface area contributed by atoms with Crippen molar-refractivity contribution in [3.63, 3.8) is 0 Å². The summed E-state index contributed by atoms with van der Waals surface area (Å²) in [4.78, 5) is 34.0. The molecule has 0 unspecified atom stereocenters. The van der Waals surface area contributed by atoms with Crippen molar-refractivity contribution >= 4 is 23.2 Å². The normalized spacial score (nSPS) is 23.8. The van der Waals surface area contributed by atoms with Crippen LogP contribution in [0, 0.1) is 5.92 Å². The Bertz CT molecular complexity index is 985. The van der Waals surface area contributed by atoms with Crippen LogP contribution >= 0.6 is 11.3 Å². The molecule has 0 bridgehead atoms. The molecular formula is C28H37N3O2S. The van der Waals surface area contributed by atoms with Gasteiger partial charge in [0, 0.05) is 43.5 Å². The summed E-state index contributed by atoms with van der Waals surface area (Å²) in [5.74, 6) is 1.20. The molecule has 3 aliphatic rings. The monoisotopic (exact) mass is 479 g/mol. The summed E-state index contributed by atoms with van der Waals surface area (Å²) >= 11 is 1.83. The van der Waals surface area contributed by atoms with E-state index in [1.807, 2.05) is 27.2 Å². The van der Waals surface area contributed by atoms with E-state index in [2.05, 4.69) is 47.5 Å². The Morgan fingerprint density at radius 3 is 2.56 bits per heavy atom. The number of amides is 2. The Labute approximate surface area is 207 Å². The van der Waals surface area contributed by atoms with Crippen LogP contribution in [0.4, 0.5) is 0 Å². The zero-order chi connectivity index (χ0) is 23.5. The summed E-state index contributed by atoms with van der Waals surface area (Å²) < 4.78 is 0. The van der Waals surface area contributed by atoms with Gasteiger partial charge < -0.3 is 9.80 Å². The summed E-state index contributed by atoms with van der Waals surface area (Å²) in [5.41, 5.74) is 2.60. The summed E-state index contributed by atoms with van der Waals surface area (Å²) in [6.45, 7) is 5.37. The fourth-order valence-corrected chi connectivity index (χ4v) is 7.07. The minimum Gasteiger partial charge on any atom is -0.338 e. The van der Waals surface area contributed by atoms with Gasteiger partial charge in [0.2, 0.25) is 11.8 Å². The van der Waals surface area contributed by atoms with E-state index in [4.69, 9.17) is 0 Å². The third-order valence-corrected chi connectivity index (χ3v) is 9.06. The number of carbonyl (C=O) groups excluding carboxylic acids is 2. The molecule has 0 spiro atoms. The summed E-state index contributed by atoms with van der Waals surface area (Å²) in [6.07, 6.45) is 7.93. The molecule has 2 aliphatic heterocycles. The second-order valence-corrected chi connectivity index (χ2v) is 11.3. The van der Waals surface area contributed by atoms with Gasteiger partial charge in [0.15, 0.2) is 0 Å². The molecule has 1 saturated heterocycles. The number of fused-ring (bicyclic) bond motifs is 1. The summed E-state index contributed by atoms with van der Waals surface area (Å²) in [7, 11) is 0. The highest BCUT2D eigenvalue weighted by Crippen LogP contribution is 2.37. The molecule has 5 rings (SSSR count). The number of rotatable bonds is 6. The molecule has 5 nitrogen and oxygen atoms in total. The molecule has 34 heavy (non-hydrogen) atoms. The van der Waals surface area contributed by atoms with E-state index < -0.39 is 0 Å². The van der Waals surface area contributed by atoms with Gasteiger partial charge in [0.05, 0.1) is 12.6 Å². The second-order valence-electron chi connectivity index (χ2n) is 10.3. The Kier molecular flexibility index (Phi) is 7.35. The fourth-order valence-electron chi connectivity index (χ4n) is 6.16. The van der Waals surface area contributed by atoms with E-state index in [0.29, 0.717) is 32.6 Å². The average molecular weight is 480 g/mol. The molecule has 0 N–H and O–H groups in total. The van der Waals surface area contributed by atoms with Crippen LogP contribution in [-0.2, 0) is 16.0 Å². The third kappa shape index (κ3) is 5.08. The zero-order valence-corrected chi connectivity index (χ0v) is 21.1. The average Bonchev–Trinajstić information content (AvgIpc) is 3.55. The number of hydrogen-bond donors (Lipinski definition) is 0. The van der Waals surface area contributed by atoms with Crippen molar-refractivity contribution < 1.29 is 9.59 Å². The van der Waals surface area contributed by atoms with Crippen molar-refractivity contribution in [2.24, 2.45) is 5.92 Å². The first-order chi connectivity index (χ1) is 16.6. The van der Waals surface area contributed by atoms with E-state index >= 15 is 0 Å². The maximum absolute atomic E-state index is 13.4. The van der Waals surface area contributed by atoms with Gasteiger partial charge in [-0.25, -0.2) is 0 Å². The zero-order valence-electron chi connectivity index (χ0n) is 20.3. The van der Waals surface area contributed by atoms with Crippen molar-refractivity contribution in [3.8, 4) is 0 Å². The highest BCUT2D eigenvalue weighted by Gasteiger charge is 2.34. The smallest absolute Gasteiger partial charge is 0.236 e. The summed E-state index contributed by atoms with van der Waals surface area (Å²) in [6, 6.07) is 13.0. The highest BCUT2D eigenvalue weighted by atomic mass is 32.1. The molecule has 1 aromatic carbocycles. The number of piperazine rings is 1. The Morgan fingerprint density at radius 1 is 1.00 bits per heavy atom. The first kappa shape index (κ1) is 23.6. The molecule has 182 valence electrons. The second kappa shape index (κ2) is 10.6. The molecule has 1 saturated carbocycles. The van der Waals surface area contributed by atoms with E-state index in [0.717, 1.165) is 25.3 Å². The Balaban J connectivity index is 1.19. The van der Waals surface area contributed by atoms with Crippen LogP contribution < -0.4 is 0 Å². The number of thiophene rings is 1. The third-order valence-electron chi connectivity index (χ3n) is 8.06. The van der Waals surface area contributed by atoms with Crippen molar-refractivity contribution in [1.29, 1.82) is 0 Å². The topological polar surface area (TPSA) is 43.9 Å². The molecule has 2 amide bonds. The number of nitrogens with zero attached hydrogens (tertiary/aromatic N) is 3. The van der Waals surface area contributed by atoms with Gasteiger partial charge in [0.25, 0.3) is 0 Å². The van der Waals surface area contributed by atoms with Gasteiger partial charge in [0.1, 0.15) is 0 Å². The van der Waals surface area contributed by atoms with Gasteiger partial charge in [-0.1, -0.05) is 56.0 Å². The van der Waals surface area contributed by atoms with E-state index in [1.165, 1.54) is 41.7 Å². The van der Waals surface area contributed by atoms with Crippen LogP contribution in [0.5, 0.6) is 0 Å². The SMILES string of the molecule is C[C@H]1CN(C(=O)CN2CCc3sccc3[C@H]2c2ccccc2)CCN1C(=O)CCC1CCCC1. The van der Waals surface area contributed by atoms with Gasteiger partial charge in [-0.2, -0.15) is 0 Å². The fraction of sp³-hybridized carbons (Fsp3) is 0.571. The number of carbonyl (C=O) groups is 2. The molecule has 2 fully saturated rings. The lowest BCUT2D eigenvalue weighted by Gasteiger charge is -2.42. The van der Waals surface area contributed by atoms with Crippen molar-refractivity contribution in [2.45, 2.75) is 64.0 Å². The minimum atomic E-state index is 0.0866.